The Kier molecular flexibility index (Phi) is 4.35. The minimum atomic E-state index is -0.439. The Morgan fingerprint density at radius 2 is 2.12 bits per heavy atom. The zero-order valence-electron chi connectivity index (χ0n) is 16.3. The fourth-order valence-corrected chi connectivity index (χ4v) is 6.56. The molecule has 5 fully saturated rings. The third-order valence-electron chi connectivity index (χ3n) is 8.18. The molecule has 0 N–H and O–H groups in total. The van der Waals surface area contributed by atoms with Gasteiger partial charge in [0.25, 0.3) is 0 Å². The molecule has 4 heteroatoms. The van der Waals surface area contributed by atoms with E-state index in [1.807, 2.05) is 6.08 Å². The van der Waals surface area contributed by atoms with E-state index < -0.39 is 6.29 Å². The van der Waals surface area contributed by atoms with E-state index in [1.54, 1.807) is 0 Å². The van der Waals surface area contributed by atoms with Crippen molar-refractivity contribution in [3.05, 3.63) is 24.8 Å². The standard InChI is InChI=1S/C22H32O4/c1-6-13(2)7-9-21(5)14(3)8-10-22-17-11-16(12-18(21)22)25-20(22)26-19(17)24-15(4)23/h6,14,16-20H,1-2,7-12H2,3-5H3/t14-,16+,17+,18+,19-,20-,21-,22-/m0/s1. The normalized spacial score (nSPS) is 48.7. The Hall–Kier alpha value is -1.13. The van der Waals surface area contributed by atoms with Crippen LogP contribution in [-0.2, 0) is 19.0 Å². The van der Waals surface area contributed by atoms with Gasteiger partial charge in [-0.25, -0.2) is 0 Å². The van der Waals surface area contributed by atoms with E-state index in [4.69, 9.17) is 14.2 Å². The zero-order chi connectivity index (χ0) is 18.7. The van der Waals surface area contributed by atoms with Gasteiger partial charge in [-0.2, -0.15) is 0 Å². The Morgan fingerprint density at radius 3 is 2.81 bits per heavy atom. The number of carbonyl (C=O) groups excluding carboxylic acids is 1. The van der Waals surface area contributed by atoms with Crippen molar-refractivity contribution in [2.75, 3.05) is 0 Å². The topological polar surface area (TPSA) is 44.8 Å². The van der Waals surface area contributed by atoms with Crippen LogP contribution in [-0.4, -0.2) is 24.7 Å². The van der Waals surface area contributed by atoms with Crippen molar-refractivity contribution in [3.63, 3.8) is 0 Å². The number of hydrogen-bond acceptors (Lipinski definition) is 4. The van der Waals surface area contributed by atoms with Crippen LogP contribution in [0.25, 0.3) is 0 Å². The van der Waals surface area contributed by atoms with Gasteiger partial charge in [0.1, 0.15) is 0 Å². The fraction of sp³-hybridized carbons (Fsp3) is 0.773. The van der Waals surface area contributed by atoms with E-state index in [9.17, 15) is 4.79 Å². The number of esters is 1. The molecule has 0 aromatic carbocycles. The number of rotatable bonds is 5. The summed E-state index contributed by atoms with van der Waals surface area (Å²) in [5.41, 5.74) is 1.33. The summed E-state index contributed by atoms with van der Waals surface area (Å²) >= 11 is 0. The molecule has 4 nitrogen and oxygen atoms in total. The smallest absolute Gasteiger partial charge is 0.304 e. The summed E-state index contributed by atoms with van der Waals surface area (Å²) in [6.45, 7) is 14.3. The van der Waals surface area contributed by atoms with E-state index in [-0.39, 0.29) is 35.1 Å². The lowest BCUT2D eigenvalue weighted by atomic mass is 9.43. The van der Waals surface area contributed by atoms with Crippen molar-refractivity contribution in [1.29, 1.82) is 0 Å². The quantitative estimate of drug-likeness (QED) is 0.531. The number of ether oxygens (including phenoxy) is 3. The molecule has 1 spiro atoms. The lowest BCUT2D eigenvalue weighted by Gasteiger charge is -2.64. The van der Waals surface area contributed by atoms with Crippen LogP contribution in [0, 0.1) is 28.6 Å². The highest BCUT2D eigenvalue weighted by Gasteiger charge is 2.72. The van der Waals surface area contributed by atoms with Crippen molar-refractivity contribution < 1.29 is 19.0 Å². The molecule has 5 rings (SSSR count). The Balaban J connectivity index is 1.66. The first-order valence-corrected chi connectivity index (χ1v) is 10.1. The Labute approximate surface area is 157 Å². The van der Waals surface area contributed by atoms with Crippen molar-refractivity contribution in [2.24, 2.45) is 28.6 Å². The largest absolute Gasteiger partial charge is 0.436 e. The lowest BCUT2D eigenvalue weighted by molar-refractivity contribution is -0.304. The molecular formula is C22H32O4. The van der Waals surface area contributed by atoms with Crippen LogP contribution in [0.2, 0.25) is 0 Å². The molecule has 26 heavy (non-hydrogen) atoms. The van der Waals surface area contributed by atoms with Crippen molar-refractivity contribution in [3.8, 4) is 0 Å². The summed E-state index contributed by atoms with van der Waals surface area (Å²) in [5, 5.41) is 0. The average molecular weight is 360 g/mol. The van der Waals surface area contributed by atoms with Crippen molar-refractivity contribution in [2.45, 2.75) is 78.0 Å². The van der Waals surface area contributed by atoms with Crippen LogP contribution in [0.3, 0.4) is 0 Å². The molecule has 3 heterocycles. The summed E-state index contributed by atoms with van der Waals surface area (Å²) in [7, 11) is 0. The summed E-state index contributed by atoms with van der Waals surface area (Å²) in [6, 6.07) is 0. The van der Waals surface area contributed by atoms with Gasteiger partial charge in [-0.1, -0.05) is 38.7 Å². The van der Waals surface area contributed by atoms with Crippen LogP contribution in [0.1, 0.15) is 59.3 Å². The van der Waals surface area contributed by atoms with Gasteiger partial charge in [-0.15, -0.1) is 0 Å². The van der Waals surface area contributed by atoms with E-state index >= 15 is 0 Å². The second kappa shape index (κ2) is 6.20. The van der Waals surface area contributed by atoms with E-state index in [1.165, 1.54) is 13.3 Å². The van der Waals surface area contributed by atoms with E-state index in [0.29, 0.717) is 11.8 Å². The average Bonchev–Trinajstić information content (AvgIpc) is 2.79. The predicted octanol–water partition coefficient (Wildman–Crippen LogP) is 4.60. The Bertz CT molecular complexity index is 628. The summed E-state index contributed by atoms with van der Waals surface area (Å²) in [6.07, 6.45) is 7.90. The molecule has 144 valence electrons. The molecular weight excluding hydrogens is 328 g/mol. The monoisotopic (exact) mass is 360 g/mol. The van der Waals surface area contributed by atoms with Gasteiger partial charge in [0.2, 0.25) is 6.29 Å². The minimum Gasteiger partial charge on any atom is -0.436 e. The highest BCUT2D eigenvalue weighted by molar-refractivity contribution is 5.66. The van der Waals surface area contributed by atoms with Crippen LogP contribution in [0.5, 0.6) is 0 Å². The van der Waals surface area contributed by atoms with Crippen molar-refractivity contribution in [1.82, 2.24) is 0 Å². The maximum atomic E-state index is 11.6. The van der Waals surface area contributed by atoms with Gasteiger partial charge in [0, 0.05) is 18.3 Å². The minimum absolute atomic E-state index is 0.00829. The molecule has 3 aliphatic heterocycles. The first kappa shape index (κ1) is 18.2. The van der Waals surface area contributed by atoms with Gasteiger partial charge >= 0.3 is 5.97 Å². The van der Waals surface area contributed by atoms with Crippen LogP contribution in [0.4, 0.5) is 0 Å². The molecule has 5 aliphatic rings. The second-order valence-electron chi connectivity index (χ2n) is 9.25. The SMILES string of the molecule is C=CC(=C)CC[C@]1(C)[C@H]2C[C@H]3C[C@@H]4[C@@H](OC(C)=O)O[C@H](O3)[C@@]42CC[C@@H]1C. The molecule has 0 aromatic rings. The third kappa shape index (κ3) is 2.45. The molecule has 3 saturated heterocycles. The second-order valence-corrected chi connectivity index (χ2v) is 9.25. The molecule has 0 aromatic heterocycles. The maximum absolute atomic E-state index is 11.6. The number of allylic oxidation sites excluding steroid dienone is 2. The van der Waals surface area contributed by atoms with E-state index in [0.717, 1.165) is 37.7 Å². The van der Waals surface area contributed by atoms with E-state index in [2.05, 4.69) is 27.0 Å². The fourth-order valence-electron chi connectivity index (χ4n) is 6.56. The van der Waals surface area contributed by atoms with Crippen LogP contribution >= 0.6 is 0 Å². The van der Waals surface area contributed by atoms with Gasteiger partial charge in [0.05, 0.1) is 6.10 Å². The van der Waals surface area contributed by atoms with Gasteiger partial charge in [-0.3, -0.25) is 4.79 Å². The molecule has 0 amide bonds. The third-order valence-corrected chi connectivity index (χ3v) is 8.18. The Morgan fingerprint density at radius 1 is 1.35 bits per heavy atom. The maximum Gasteiger partial charge on any atom is 0.304 e. The zero-order valence-corrected chi connectivity index (χ0v) is 16.3. The first-order chi connectivity index (χ1) is 12.3. The molecule has 4 bridgehead atoms. The number of carbonyl (C=O) groups is 1. The molecule has 0 unspecified atom stereocenters. The molecule has 2 aliphatic carbocycles. The summed E-state index contributed by atoms with van der Waals surface area (Å²) in [4.78, 5) is 11.6. The first-order valence-electron chi connectivity index (χ1n) is 10.1. The lowest BCUT2D eigenvalue weighted by Crippen LogP contribution is -2.64. The van der Waals surface area contributed by atoms with Crippen molar-refractivity contribution >= 4 is 5.97 Å². The highest BCUT2D eigenvalue weighted by Crippen LogP contribution is 2.71. The van der Waals surface area contributed by atoms with Gasteiger partial charge < -0.3 is 14.2 Å². The van der Waals surface area contributed by atoms with Crippen LogP contribution < -0.4 is 0 Å². The summed E-state index contributed by atoms with van der Waals surface area (Å²) < 4.78 is 18.0. The van der Waals surface area contributed by atoms with Crippen LogP contribution in [0.15, 0.2) is 24.8 Å². The number of hydrogen-bond donors (Lipinski definition) is 0. The highest BCUT2D eigenvalue weighted by atomic mass is 16.8. The predicted molar refractivity (Wildman–Crippen MR) is 99.0 cm³/mol. The van der Waals surface area contributed by atoms with Gasteiger partial charge in [0.15, 0.2) is 6.29 Å². The molecule has 8 atom stereocenters. The summed E-state index contributed by atoms with van der Waals surface area (Å²) in [5.74, 6) is 1.20. The molecule has 0 radical (unpaired) electrons. The van der Waals surface area contributed by atoms with Gasteiger partial charge in [-0.05, 0) is 55.8 Å². The molecule has 2 saturated carbocycles.